The van der Waals surface area contributed by atoms with E-state index in [-0.39, 0.29) is 17.7 Å². The SMILES string of the molecule is CC(C)n1c(SCC(=O)Nc2nnc(C3CCCCC3)s2)nnc1-c1ccc(Br)o1. The minimum Gasteiger partial charge on any atom is -0.446 e. The molecule has 0 atom stereocenters. The molecule has 11 heteroatoms. The zero-order valence-electron chi connectivity index (χ0n) is 16.8. The van der Waals surface area contributed by atoms with Gasteiger partial charge in [-0.15, -0.1) is 20.4 Å². The number of carbonyl (C=O) groups excluding carboxylic acids is 1. The quantitative estimate of drug-likeness (QED) is 0.418. The van der Waals surface area contributed by atoms with E-state index in [1.807, 2.05) is 30.5 Å². The highest BCUT2D eigenvalue weighted by Gasteiger charge is 2.22. The van der Waals surface area contributed by atoms with Crippen molar-refractivity contribution >= 4 is 50.1 Å². The molecule has 0 spiro atoms. The van der Waals surface area contributed by atoms with Crippen molar-refractivity contribution in [3.8, 4) is 11.6 Å². The van der Waals surface area contributed by atoms with Crippen molar-refractivity contribution in [1.29, 1.82) is 0 Å². The second kappa shape index (κ2) is 9.61. The molecule has 1 N–H and O–H groups in total. The fraction of sp³-hybridized carbons (Fsp3) is 0.526. The summed E-state index contributed by atoms with van der Waals surface area (Å²) >= 11 is 6.14. The number of hydrogen-bond donors (Lipinski definition) is 1. The molecule has 0 aliphatic heterocycles. The van der Waals surface area contributed by atoms with Crippen molar-refractivity contribution in [3.05, 3.63) is 21.8 Å². The normalized spacial score (nSPS) is 15.1. The first-order valence-electron chi connectivity index (χ1n) is 9.98. The second-order valence-corrected chi connectivity index (χ2v) is 10.2. The number of anilines is 1. The summed E-state index contributed by atoms with van der Waals surface area (Å²) in [6.07, 6.45) is 6.12. The predicted molar refractivity (Wildman–Crippen MR) is 121 cm³/mol. The van der Waals surface area contributed by atoms with Crippen molar-refractivity contribution in [1.82, 2.24) is 25.0 Å². The molecular formula is C19H23BrN6O2S2. The van der Waals surface area contributed by atoms with Crippen molar-refractivity contribution in [2.45, 2.75) is 63.1 Å². The molecule has 3 aromatic heterocycles. The molecule has 160 valence electrons. The smallest absolute Gasteiger partial charge is 0.236 e. The summed E-state index contributed by atoms with van der Waals surface area (Å²) in [7, 11) is 0. The Morgan fingerprint density at radius 3 is 2.77 bits per heavy atom. The van der Waals surface area contributed by atoms with Gasteiger partial charge in [-0.05, 0) is 54.8 Å². The third-order valence-corrected chi connectivity index (χ3v) is 7.32. The van der Waals surface area contributed by atoms with Crippen LogP contribution in [0.2, 0.25) is 0 Å². The Kier molecular flexibility index (Phi) is 6.89. The number of nitrogens with one attached hydrogen (secondary N) is 1. The van der Waals surface area contributed by atoms with Crippen LogP contribution in [0.4, 0.5) is 5.13 Å². The molecule has 3 heterocycles. The van der Waals surface area contributed by atoms with Gasteiger partial charge in [-0.25, -0.2) is 0 Å². The largest absolute Gasteiger partial charge is 0.446 e. The second-order valence-electron chi connectivity index (χ2n) is 7.49. The fourth-order valence-corrected chi connectivity index (χ4v) is 5.63. The summed E-state index contributed by atoms with van der Waals surface area (Å²) in [4.78, 5) is 12.5. The molecule has 1 saturated carbocycles. The molecule has 0 radical (unpaired) electrons. The van der Waals surface area contributed by atoms with Gasteiger partial charge < -0.3 is 4.42 Å². The molecule has 1 aliphatic rings. The van der Waals surface area contributed by atoms with Crippen LogP contribution in [-0.2, 0) is 4.79 Å². The maximum absolute atomic E-state index is 12.5. The van der Waals surface area contributed by atoms with Crippen LogP contribution >= 0.6 is 39.0 Å². The monoisotopic (exact) mass is 510 g/mol. The van der Waals surface area contributed by atoms with Gasteiger partial charge in [0.2, 0.25) is 16.9 Å². The van der Waals surface area contributed by atoms with Crippen LogP contribution in [0.25, 0.3) is 11.6 Å². The Hall–Kier alpha value is -1.72. The van der Waals surface area contributed by atoms with Crippen LogP contribution < -0.4 is 5.32 Å². The molecule has 3 aromatic rings. The number of amides is 1. The number of hydrogen-bond acceptors (Lipinski definition) is 8. The van der Waals surface area contributed by atoms with Crippen molar-refractivity contribution in [2.24, 2.45) is 0 Å². The number of halogens is 1. The number of thioether (sulfide) groups is 1. The third kappa shape index (κ3) is 4.94. The third-order valence-electron chi connectivity index (χ3n) is 4.95. The van der Waals surface area contributed by atoms with E-state index >= 15 is 0 Å². The van der Waals surface area contributed by atoms with E-state index in [9.17, 15) is 4.79 Å². The lowest BCUT2D eigenvalue weighted by Crippen LogP contribution is -2.15. The van der Waals surface area contributed by atoms with Gasteiger partial charge in [-0.2, -0.15) is 0 Å². The number of carbonyl (C=O) groups is 1. The van der Waals surface area contributed by atoms with Crippen LogP contribution in [0.15, 0.2) is 26.4 Å². The van der Waals surface area contributed by atoms with E-state index in [0.717, 1.165) is 17.8 Å². The fourth-order valence-electron chi connectivity index (χ4n) is 3.53. The minimum atomic E-state index is -0.132. The van der Waals surface area contributed by atoms with Crippen molar-refractivity contribution in [2.75, 3.05) is 11.1 Å². The molecule has 1 amide bonds. The lowest BCUT2D eigenvalue weighted by molar-refractivity contribution is -0.113. The number of nitrogens with zero attached hydrogens (tertiary/aromatic N) is 5. The van der Waals surface area contributed by atoms with Crippen LogP contribution in [0.1, 0.15) is 62.9 Å². The Bertz CT molecular complexity index is 1010. The van der Waals surface area contributed by atoms with Gasteiger partial charge >= 0.3 is 0 Å². The Morgan fingerprint density at radius 2 is 2.07 bits per heavy atom. The zero-order valence-corrected chi connectivity index (χ0v) is 20.0. The van der Waals surface area contributed by atoms with Gasteiger partial charge in [0.15, 0.2) is 15.6 Å². The average molecular weight is 511 g/mol. The Balaban J connectivity index is 1.38. The van der Waals surface area contributed by atoms with Gasteiger partial charge in [-0.3, -0.25) is 14.7 Å². The van der Waals surface area contributed by atoms with Gasteiger partial charge in [-0.1, -0.05) is 42.4 Å². The molecule has 1 aliphatic carbocycles. The van der Waals surface area contributed by atoms with Gasteiger partial charge in [0.1, 0.15) is 5.01 Å². The summed E-state index contributed by atoms with van der Waals surface area (Å²) in [5.41, 5.74) is 0. The Morgan fingerprint density at radius 1 is 1.27 bits per heavy atom. The highest BCUT2D eigenvalue weighted by molar-refractivity contribution is 9.10. The van der Waals surface area contributed by atoms with E-state index in [1.165, 1.54) is 42.4 Å². The maximum Gasteiger partial charge on any atom is 0.236 e. The van der Waals surface area contributed by atoms with Crippen LogP contribution in [-0.4, -0.2) is 36.6 Å². The molecule has 0 unspecified atom stereocenters. The van der Waals surface area contributed by atoms with Crippen LogP contribution in [0, 0.1) is 0 Å². The van der Waals surface area contributed by atoms with Crippen LogP contribution in [0.5, 0.6) is 0 Å². The topological polar surface area (TPSA) is 98.7 Å². The first-order valence-corrected chi connectivity index (χ1v) is 12.6. The van der Waals surface area contributed by atoms with Gasteiger partial charge in [0.25, 0.3) is 0 Å². The molecular weight excluding hydrogens is 488 g/mol. The lowest BCUT2D eigenvalue weighted by Gasteiger charge is -2.18. The summed E-state index contributed by atoms with van der Waals surface area (Å²) in [5, 5.41) is 22.1. The van der Waals surface area contributed by atoms with E-state index in [2.05, 4.69) is 41.6 Å². The van der Waals surface area contributed by atoms with Crippen molar-refractivity contribution < 1.29 is 9.21 Å². The molecule has 30 heavy (non-hydrogen) atoms. The van der Waals surface area contributed by atoms with E-state index in [0.29, 0.717) is 32.5 Å². The first-order chi connectivity index (χ1) is 14.5. The van der Waals surface area contributed by atoms with Crippen LogP contribution in [0.3, 0.4) is 0 Å². The molecule has 4 rings (SSSR count). The molecule has 8 nitrogen and oxygen atoms in total. The first kappa shape index (κ1) is 21.5. The standard InChI is InChI=1S/C19H23BrN6O2S2/c1-11(2)26-16(13-8-9-14(20)28-13)22-25-19(26)29-10-15(27)21-18-24-23-17(30-18)12-6-4-3-5-7-12/h8-9,11-12H,3-7,10H2,1-2H3,(H,21,24,27). The van der Waals surface area contributed by atoms with Crippen molar-refractivity contribution in [3.63, 3.8) is 0 Å². The molecule has 0 aromatic carbocycles. The van der Waals surface area contributed by atoms with E-state index in [4.69, 9.17) is 4.42 Å². The summed E-state index contributed by atoms with van der Waals surface area (Å²) < 4.78 is 8.22. The number of aromatic nitrogens is 5. The molecule has 0 saturated heterocycles. The summed E-state index contributed by atoms with van der Waals surface area (Å²) in [6, 6.07) is 3.78. The highest BCUT2D eigenvalue weighted by Crippen LogP contribution is 2.35. The number of rotatable bonds is 7. The molecule has 0 bridgehead atoms. The summed E-state index contributed by atoms with van der Waals surface area (Å²) in [6.45, 7) is 4.09. The predicted octanol–water partition coefficient (Wildman–Crippen LogP) is 5.51. The number of furan rings is 1. The van der Waals surface area contributed by atoms with Gasteiger partial charge in [0, 0.05) is 12.0 Å². The zero-order chi connectivity index (χ0) is 21.1. The highest BCUT2D eigenvalue weighted by atomic mass is 79.9. The van der Waals surface area contributed by atoms with E-state index < -0.39 is 0 Å². The lowest BCUT2D eigenvalue weighted by atomic mass is 9.90. The maximum atomic E-state index is 12.5. The molecule has 1 fully saturated rings. The minimum absolute atomic E-state index is 0.116. The average Bonchev–Trinajstić information content (AvgIpc) is 3.46. The van der Waals surface area contributed by atoms with E-state index in [1.54, 1.807) is 0 Å². The summed E-state index contributed by atoms with van der Waals surface area (Å²) in [5.74, 6) is 1.83. The van der Waals surface area contributed by atoms with Gasteiger partial charge in [0.05, 0.1) is 5.75 Å². The Labute approximate surface area is 191 Å².